The van der Waals surface area contributed by atoms with Crippen LogP contribution in [0.3, 0.4) is 0 Å². The van der Waals surface area contributed by atoms with Crippen molar-refractivity contribution in [1.82, 2.24) is 19.6 Å². The van der Waals surface area contributed by atoms with E-state index in [1.807, 2.05) is 16.6 Å². The largest absolute Gasteiger partial charge is 0.343 e. The van der Waals surface area contributed by atoms with Crippen LogP contribution < -0.4 is 0 Å². The summed E-state index contributed by atoms with van der Waals surface area (Å²) in [4.78, 5) is 28.9. The maximum absolute atomic E-state index is 13.5. The maximum Gasteiger partial charge on any atom is 0.254 e. The van der Waals surface area contributed by atoms with Gasteiger partial charge in [-0.3, -0.25) is 14.3 Å². The van der Waals surface area contributed by atoms with Gasteiger partial charge in [-0.05, 0) is 37.5 Å². The Morgan fingerprint density at radius 2 is 1.80 bits per heavy atom. The van der Waals surface area contributed by atoms with Crippen molar-refractivity contribution in [3.8, 4) is 0 Å². The predicted octanol–water partition coefficient (Wildman–Crippen LogP) is 2.84. The second-order valence-electron chi connectivity index (χ2n) is 8.04. The number of rotatable bonds is 4. The number of amides is 2. The normalized spacial score (nSPS) is 16.5. The Labute approximate surface area is 174 Å². The van der Waals surface area contributed by atoms with Crippen LogP contribution in [0.1, 0.15) is 53.0 Å². The molecular weight excluding hydrogens is 390 g/mol. The molecule has 0 saturated carbocycles. The van der Waals surface area contributed by atoms with Crippen LogP contribution in [-0.2, 0) is 31.2 Å². The van der Waals surface area contributed by atoms with Gasteiger partial charge in [-0.15, -0.1) is 0 Å². The van der Waals surface area contributed by atoms with E-state index in [9.17, 15) is 18.4 Å². The van der Waals surface area contributed by atoms with Gasteiger partial charge in [-0.2, -0.15) is 5.10 Å². The first-order valence-corrected chi connectivity index (χ1v) is 10.5. The third kappa shape index (κ3) is 4.08. The van der Waals surface area contributed by atoms with Gasteiger partial charge in [0.05, 0.1) is 5.69 Å². The number of fused-ring (bicyclic) bond motifs is 1. The highest BCUT2D eigenvalue weighted by Crippen LogP contribution is 2.25. The van der Waals surface area contributed by atoms with Crippen molar-refractivity contribution in [3.05, 3.63) is 52.3 Å². The molecular formula is C22H26F2N4O2. The smallest absolute Gasteiger partial charge is 0.254 e. The number of carbonyl (C=O) groups excluding carboxylic acids is 2. The summed E-state index contributed by atoms with van der Waals surface area (Å²) in [6.07, 6.45) is 4.87. The number of aromatic nitrogens is 2. The van der Waals surface area contributed by atoms with Gasteiger partial charge >= 0.3 is 0 Å². The molecule has 0 atom stereocenters. The average molecular weight is 416 g/mol. The second kappa shape index (κ2) is 8.53. The molecule has 1 saturated heterocycles. The molecule has 1 aromatic carbocycles. The fraction of sp³-hybridized carbons (Fsp3) is 0.500. The minimum Gasteiger partial charge on any atom is -0.343 e. The third-order valence-electron chi connectivity index (χ3n) is 6.06. The first-order valence-electron chi connectivity index (χ1n) is 10.5. The molecule has 0 bridgehead atoms. The summed E-state index contributed by atoms with van der Waals surface area (Å²) in [6.45, 7) is 2.50. The quantitative estimate of drug-likeness (QED) is 0.770. The molecule has 0 spiro atoms. The monoisotopic (exact) mass is 416 g/mol. The number of benzene rings is 1. The fourth-order valence-electron chi connectivity index (χ4n) is 4.38. The molecule has 1 fully saturated rings. The van der Waals surface area contributed by atoms with Crippen LogP contribution in [-0.4, -0.2) is 51.0 Å². The molecule has 0 N–H and O–H groups in total. The summed E-state index contributed by atoms with van der Waals surface area (Å²) in [7, 11) is 1.88. The highest BCUT2D eigenvalue weighted by molar-refractivity contribution is 5.94. The van der Waals surface area contributed by atoms with E-state index in [1.165, 1.54) is 12.5 Å². The zero-order valence-electron chi connectivity index (χ0n) is 17.2. The van der Waals surface area contributed by atoms with Crippen molar-refractivity contribution < 1.29 is 18.4 Å². The van der Waals surface area contributed by atoms with Crippen molar-refractivity contribution in [2.45, 2.75) is 45.1 Å². The maximum atomic E-state index is 13.5. The number of hydrogen-bond acceptors (Lipinski definition) is 3. The number of halogens is 2. The molecule has 2 aliphatic rings. The lowest BCUT2D eigenvalue weighted by Gasteiger charge is -2.28. The van der Waals surface area contributed by atoms with E-state index in [-0.39, 0.29) is 17.4 Å². The Balaban J connectivity index is 1.46. The minimum atomic E-state index is -1.03. The highest BCUT2D eigenvalue weighted by atomic mass is 19.2. The molecule has 4 rings (SSSR count). The van der Waals surface area contributed by atoms with Crippen LogP contribution in [0.4, 0.5) is 8.78 Å². The molecule has 0 radical (unpaired) electrons. The molecule has 2 aliphatic heterocycles. The van der Waals surface area contributed by atoms with Gasteiger partial charge in [0, 0.05) is 69.3 Å². The Morgan fingerprint density at radius 1 is 1.03 bits per heavy atom. The number of piperidine rings is 1. The summed E-state index contributed by atoms with van der Waals surface area (Å²) in [5, 5.41) is 4.60. The highest BCUT2D eigenvalue weighted by Gasteiger charge is 2.28. The molecule has 3 heterocycles. The molecule has 30 heavy (non-hydrogen) atoms. The lowest BCUT2D eigenvalue weighted by Crippen LogP contribution is -2.37. The Kier molecular flexibility index (Phi) is 5.83. The van der Waals surface area contributed by atoms with E-state index in [0.717, 1.165) is 55.0 Å². The summed E-state index contributed by atoms with van der Waals surface area (Å²) in [6, 6.07) is 3.21. The van der Waals surface area contributed by atoms with Crippen LogP contribution in [0.15, 0.2) is 18.2 Å². The molecule has 2 aromatic rings. The first kappa shape index (κ1) is 20.5. The molecule has 6 nitrogen and oxygen atoms in total. The van der Waals surface area contributed by atoms with Crippen LogP contribution in [0, 0.1) is 11.6 Å². The van der Waals surface area contributed by atoms with E-state index >= 15 is 0 Å². The predicted molar refractivity (Wildman–Crippen MR) is 107 cm³/mol. The van der Waals surface area contributed by atoms with Gasteiger partial charge in [0.25, 0.3) is 5.91 Å². The van der Waals surface area contributed by atoms with Gasteiger partial charge in [-0.1, -0.05) is 0 Å². The number of aryl methyl sites for hydroxylation is 2. The fourth-order valence-corrected chi connectivity index (χ4v) is 4.38. The van der Waals surface area contributed by atoms with E-state index < -0.39 is 11.6 Å². The van der Waals surface area contributed by atoms with Crippen molar-refractivity contribution in [1.29, 1.82) is 0 Å². The molecule has 8 heteroatoms. The van der Waals surface area contributed by atoms with E-state index in [4.69, 9.17) is 0 Å². The minimum absolute atomic E-state index is 0.128. The molecule has 0 unspecified atom stereocenters. The molecule has 2 amide bonds. The lowest BCUT2D eigenvalue weighted by molar-refractivity contribution is -0.132. The molecule has 160 valence electrons. The summed E-state index contributed by atoms with van der Waals surface area (Å²) in [5.74, 6) is -2.18. The Bertz CT molecular complexity index is 966. The van der Waals surface area contributed by atoms with Gasteiger partial charge in [0.2, 0.25) is 5.91 Å². The summed E-state index contributed by atoms with van der Waals surface area (Å²) in [5.41, 5.74) is 2.99. The lowest BCUT2D eigenvalue weighted by atomic mass is 10.0. The van der Waals surface area contributed by atoms with Crippen molar-refractivity contribution in [3.63, 3.8) is 0 Å². The van der Waals surface area contributed by atoms with Crippen LogP contribution in [0.25, 0.3) is 0 Å². The van der Waals surface area contributed by atoms with Crippen LogP contribution >= 0.6 is 0 Å². The summed E-state index contributed by atoms with van der Waals surface area (Å²) < 4.78 is 28.6. The zero-order chi connectivity index (χ0) is 21.3. The van der Waals surface area contributed by atoms with Crippen LogP contribution in [0.2, 0.25) is 0 Å². The second-order valence-corrected chi connectivity index (χ2v) is 8.04. The van der Waals surface area contributed by atoms with Crippen LogP contribution in [0.5, 0.6) is 0 Å². The van der Waals surface area contributed by atoms with E-state index in [2.05, 4.69) is 5.10 Å². The Morgan fingerprint density at radius 3 is 2.53 bits per heavy atom. The standard InChI is InChI=1S/C22H26F2N4O2/c1-26-20-9-12-28(22(30)15-5-6-17(23)18(24)13-15)14-16(20)19(25-26)7-8-21(29)27-10-3-2-4-11-27/h5-6,13H,2-4,7-12,14H2,1H3. The van der Waals surface area contributed by atoms with Crippen molar-refractivity contribution >= 4 is 11.8 Å². The van der Waals surface area contributed by atoms with E-state index in [1.54, 1.807) is 4.90 Å². The zero-order valence-corrected chi connectivity index (χ0v) is 17.2. The number of hydrogen-bond donors (Lipinski definition) is 0. The van der Waals surface area contributed by atoms with Gasteiger partial charge in [0.1, 0.15) is 0 Å². The topological polar surface area (TPSA) is 58.4 Å². The van der Waals surface area contributed by atoms with Gasteiger partial charge in [-0.25, -0.2) is 8.78 Å². The first-order chi connectivity index (χ1) is 14.4. The summed E-state index contributed by atoms with van der Waals surface area (Å²) >= 11 is 0. The number of likely N-dealkylation sites (tertiary alicyclic amines) is 1. The SMILES string of the molecule is Cn1nc(CCC(=O)N2CCCCC2)c2c1CCN(C(=O)c1ccc(F)c(F)c1)C2. The van der Waals surface area contributed by atoms with Gasteiger partial charge < -0.3 is 9.80 Å². The third-order valence-corrected chi connectivity index (χ3v) is 6.06. The average Bonchev–Trinajstić information content (AvgIpc) is 3.09. The van der Waals surface area contributed by atoms with Crippen molar-refractivity contribution in [2.75, 3.05) is 19.6 Å². The number of carbonyl (C=O) groups is 2. The molecule has 1 aromatic heterocycles. The number of nitrogens with zero attached hydrogens (tertiary/aromatic N) is 4. The Hall–Kier alpha value is -2.77. The molecule has 0 aliphatic carbocycles. The van der Waals surface area contributed by atoms with Crippen molar-refractivity contribution in [2.24, 2.45) is 7.05 Å². The van der Waals surface area contributed by atoms with Gasteiger partial charge in [0.15, 0.2) is 11.6 Å². The van der Waals surface area contributed by atoms with E-state index in [0.29, 0.717) is 32.4 Å².